The minimum Gasteiger partial charge on any atom is -0.503 e. The molecule has 0 aliphatic carbocycles. The summed E-state index contributed by atoms with van der Waals surface area (Å²) in [6, 6.07) is 13.1. The predicted octanol–water partition coefficient (Wildman–Crippen LogP) is 3.93. The van der Waals surface area contributed by atoms with Gasteiger partial charge in [-0.3, -0.25) is 19.5 Å². The lowest BCUT2D eigenvalue weighted by Gasteiger charge is -2.27. The first-order valence-electron chi connectivity index (χ1n) is 8.51. The molecule has 0 saturated heterocycles. The molecule has 1 aliphatic heterocycles. The summed E-state index contributed by atoms with van der Waals surface area (Å²) in [5.74, 6) is -1.13. The van der Waals surface area contributed by atoms with Gasteiger partial charge in [-0.15, -0.1) is 11.3 Å². The van der Waals surface area contributed by atoms with Crippen molar-refractivity contribution in [2.45, 2.75) is 6.04 Å². The van der Waals surface area contributed by atoms with Gasteiger partial charge in [0, 0.05) is 12.4 Å². The highest BCUT2D eigenvalue weighted by atomic mass is 32.1. The lowest BCUT2D eigenvalue weighted by molar-refractivity contribution is -0.117. The zero-order chi connectivity index (χ0) is 19.7. The number of thiophene rings is 1. The molecule has 0 fully saturated rings. The highest BCUT2D eigenvalue weighted by molar-refractivity contribution is 7.12. The van der Waals surface area contributed by atoms with Gasteiger partial charge in [-0.25, -0.2) is 0 Å². The van der Waals surface area contributed by atoms with Crippen molar-refractivity contribution in [2.75, 3.05) is 12.0 Å². The second-order valence-corrected chi connectivity index (χ2v) is 7.05. The third kappa shape index (κ3) is 2.86. The van der Waals surface area contributed by atoms with E-state index in [4.69, 9.17) is 4.74 Å². The Bertz CT molecular complexity index is 1060. The normalized spacial score (nSPS) is 16.5. The number of hydrogen-bond acceptors (Lipinski definition) is 6. The van der Waals surface area contributed by atoms with Gasteiger partial charge < -0.3 is 9.84 Å². The molecule has 7 heteroatoms. The van der Waals surface area contributed by atoms with Crippen molar-refractivity contribution in [2.24, 2.45) is 0 Å². The topological polar surface area (TPSA) is 79.7 Å². The molecule has 1 aromatic carbocycles. The fraction of sp³-hybridized carbons (Fsp3) is 0.0952. The standard InChI is InChI=1S/C21H16N2O4S/c1-27-15-8-3-2-7-14(15)23-18(13-6-4-10-22-12-13)17(20(25)21(23)26)19(24)16-9-5-11-28-16/h2-12,18,25H,1H3. The first-order valence-corrected chi connectivity index (χ1v) is 9.39. The van der Waals surface area contributed by atoms with Crippen LogP contribution in [0.25, 0.3) is 0 Å². The number of para-hydroxylation sites is 2. The number of carbonyl (C=O) groups is 2. The molecular weight excluding hydrogens is 376 g/mol. The molecule has 0 spiro atoms. The monoisotopic (exact) mass is 392 g/mol. The van der Waals surface area contributed by atoms with Crippen LogP contribution in [0.15, 0.2) is 77.6 Å². The molecule has 1 amide bonds. The first-order chi connectivity index (χ1) is 13.6. The van der Waals surface area contributed by atoms with E-state index < -0.39 is 17.7 Å². The Kier molecular flexibility index (Phi) is 4.67. The average molecular weight is 392 g/mol. The number of ether oxygens (including phenoxy) is 1. The molecule has 2 aromatic heterocycles. The van der Waals surface area contributed by atoms with Crippen molar-refractivity contribution in [3.8, 4) is 5.75 Å². The Morgan fingerprint density at radius 3 is 2.68 bits per heavy atom. The number of benzene rings is 1. The number of aliphatic hydroxyl groups excluding tert-OH is 1. The molecule has 140 valence electrons. The maximum Gasteiger partial charge on any atom is 0.294 e. The molecule has 3 aromatic rings. The Labute approximate surface area is 165 Å². The molecule has 4 rings (SSSR count). The number of aliphatic hydroxyl groups is 1. The van der Waals surface area contributed by atoms with Gasteiger partial charge >= 0.3 is 0 Å². The van der Waals surface area contributed by atoms with Crippen LogP contribution in [0.2, 0.25) is 0 Å². The number of anilines is 1. The minimum absolute atomic E-state index is 0.0337. The van der Waals surface area contributed by atoms with Crippen LogP contribution >= 0.6 is 11.3 Å². The van der Waals surface area contributed by atoms with Gasteiger partial charge in [0.15, 0.2) is 5.76 Å². The second kappa shape index (κ2) is 7.28. The fourth-order valence-electron chi connectivity index (χ4n) is 3.31. The van der Waals surface area contributed by atoms with Crippen molar-refractivity contribution in [3.63, 3.8) is 0 Å². The van der Waals surface area contributed by atoms with E-state index in [1.807, 2.05) is 0 Å². The molecule has 1 aliphatic rings. The maximum absolute atomic E-state index is 13.1. The van der Waals surface area contributed by atoms with Crippen molar-refractivity contribution >= 4 is 28.7 Å². The second-order valence-electron chi connectivity index (χ2n) is 6.10. The van der Waals surface area contributed by atoms with Gasteiger partial charge in [0.2, 0.25) is 5.78 Å². The van der Waals surface area contributed by atoms with Gasteiger partial charge in [-0.1, -0.05) is 24.3 Å². The van der Waals surface area contributed by atoms with Gasteiger partial charge in [-0.2, -0.15) is 0 Å². The molecule has 1 unspecified atom stereocenters. The van der Waals surface area contributed by atoms with Crippen LogP contribution in [0, 0.1) is 0 Å². The number of pyridine rings is 1. The van der Waals surface area contributed by atoms with E-state index in [2.05, 4.69) is 4.98 Å². The Balaban J connectivity index is 1.91. The number of rotatable bonds is 5. The summed E-state index contributed by atoms with van der Waals surface area (Å²) >= 11 is 1.26. The number of amides is 1. The van der Waals surface area contributed by atoms with Crippen LogP contribution in [0.3, 0.4) is 0 Å². The van der Waals surface area contributed by atoms with Crippen LogP contribution in [0.4, 0.5) is 5.69 Å². The van der Waals surface area contributed by atoms with E-state index in [1.165, 1.54) is 23.3 Å². The molecule has 1 atom stereocenters. The van der Waals surface area contributed by atoms with E-state index in [1.54, 1.807) is 66.3 Å². The van der Waals surface area contributed by atoms with Crippen LogP contribution in [0.5, 0.6) is 5.75 Å². The maximum atomic E-state index is 13.1. The molecule has 1 N–H and O–H groups in total. The fourth-order valence-corrected chi connectivity index (χ4v) is 3.99. The number of carbonyl (C=O) groups excluding carboxylic acids is 2. The van der Waals surface area contributed by atoms with Crippen LogP contribution in [0.1, 0.15) is 21.3 Å². The van der Waals surface area contributed by atoms with Gasteiger partial charge in [-0.05, 0) is 35.2 Å². The number of nitrogens with zero attached hydrogens (tertiary/aromatic N) is 2. The van der Waals surface area contributed by atoms with E-state index in [9.17, 15) is 14.7 Å². The zero-order valence-electron chi connectivity index (χ0n) is 14.9. The number of Topliss-reactive ketones (excluding diaryl/α,β-unsaturated/α-hetero) is 1. The lowest BCUT2D eigenvalue weighted by Crippen LogP contribution is -2.31. The molecule has 0 bridgehead atoms. The quantitative estimate of drug-likeness (QED) is 0.666. The minimum atomic E-state index is -0.813. The van der Waals surface area contributed by atoms with Crippen LogP contribution < -0.4 is 9.64 Å². The first kappa shape index (κ1) is 17.9. The van der Waals surface area contributed by atoms with E-state index in [0.29, 0.717) is 21.9 Å². The summed E-state index contributed by atoms with van der Waals surface area (Å²) in [6.07, 6.45) is 3.19. The Morgan fingerprint density at radius 1 is 1.18 bits per heavy atom. The summed E-state index contributed by atoms with van der Waals surface area (Å²) in [4.78, 5) is 32.1. The number of hydrogen-bond donors (Lipinski definition) is 1. The summed E-state index contributed by atoms with van der Waals surface area (Å²) in [5, 5.41) is 12.4. The van der Waals surface area contributed by atoms with Gasteiger partial charge in [0.1, 0.15) is 5.75 Å². The van der Waals surface area contributed by atoms with Crippen LogP contribution in [-0.4, -0.2) is 28.9 Å². The van der Waals surface area contributed by atoms with Gasteiger partial charge in [0.05, 0.1) is 29.3 Å². The highest BCUT2D eigenvalue weighted by Gasteiger charge is 2.45. The summed E-state index contributed by atoms with van der Waals surface area (Å²) in [5.41, 5.74) is 1.11. The SMILES string of the molecule is COc1ccccc1N1C(=O)C(O)=C(C(=O)c2cccs2)C1c1cccnc1. The zero-order valence-corrected chi connectivity index (χ0v) is 15.7. The average Bonchev–Trinajstić information content (AvgIpc) is 3.36. The summed E-state index contributed by atoms with van der Waals surface area (Å²) < 4.78 is 5.40. The largest absolute Gasteiger partial charge is 0.503 e. The Hall–Kier alpha value is -3.45. The Morgan fingerprint density at radius 2 is 2.00 bits per heavy atom. The number of ketones is 1. The number of methoxy groups -OCH3 is 1. The van der Waals surface area contributed by atoms with Crippen molar-refractivity contribution in [1.29, 1.82) is 0 Å². The van der Waals surface area contributed by atoms with Crippen molar-refractivity contribution in [3.05, 3.63) is 88.1 Å². The number of aromatic nitrogens is 1. The van der Waals surface area contributed by atoms with Crippen LogP contribution in [-0.2, 0) is 4.79 Å². The van der Waals surface area contributed by atoms with Crippen molar-refractivity contribution in [1.82, 2.24) is 4.98 Å². The van der Waals surface area contributed by atoms with E-state index in [0.717, 1.165) is 0 Å². The molecule has 28 heavy (non-hydrogen) atoms. The van der Waals surface area contributed by atoms with E-state index in [-0.39, 0.29) is 11.4 Å². The summed E-state index contributed by atoms with van der Waals surface area (Å²) in [6.45, 7) is 0. The third-order valence-electron chi connectivity index (χ3n) is 4.54. The molecule has 0 radical (unpaired) electrons. The predicted molar refractivity (Wildman–Crippen MR) is 106 cm³/mol. The lowest BCUT2D eigenvalue weighted by atomic mass is 9.96. The van der Waals surface area contributed by atoms with Crippen molar-refractivity contribution < 1.29 is 19.4 Å². The molecule has 3 heterocycles. The highest BCUT2D eigenvalue weighted by Crippen LogP contribution is 2.44. The molecule has 6 nitrogen and oxygen atoms in total. The smallest absolute Gasteiger partial charge is 0.294 e. The van der Waals surface area contributed by atoms with E-state index >= 15 is 0 Å². The molecule has 0 saturated carbocycles. The summed E-state index contributed by atoms with van der Waals surface area (Å²) in [7, 11) is 1.50. The van der Waals surface area contributed by atoms with Gasteiger partial charge in [0.25, 0.3) is 5.91 Å². The molecular formula is C21H16N2O4S. The third-order valence-corrected chi connectivity index (χ3v) is 5.41.